The zero-order chi connectivity index (χ0) is 12.5. The number of rotatable bonds is 3. The normalized spacial score (nSPS) is 17.2. The van der Waals surface area contributed by atoms with E-state index in [1.165, 1.54) is 25.0 Å². The van der Waals surface area contributed by atoms with Crippen LogP contribution in [0.1, 0.15) is 25.7 Å². The summed E-state index contributed by atoms with van der Waals surface area (Å²) in [7, 11) is -3.68. The Morgan fingerprint density at radius 2 is 1.88 bits per heavy atom. The molecule has 0 unspecified atom stereocenters. The highest BCUT2D eigenvalue weighted by Gasteiger charge is 2.16. The van der Waals surface area contributed by atoms with Crippen molar-refractivity contribution in [2.24, 2.45) is 5.14 Å². The van der Waals surface area contributed by atoms with E-state index in [9.17, 15) is 8.42 Å². The molecule has 0 aliphatic heterocycles. The van der Waals surface area contributed by atoms with Crippen molar-refractivity contribution < 1.29 is 8.42 Å². The molecule has 94 valence electrons. The number of hydrogen-bond acceptors (Lipinski definition) is 4. The van der Waals surface area contributed by atoms with E-state index >= 15 is 0 Å². The zero-order valence-corrected chi connectivity index (χ0v) is 10.3. The molecule has 1 fully saturated rings. The van der Waals surface area contributed by atoms with Gasteiger partial charge in [0.1, 0.15) is 0 Å². The molecule has 17 heavy (non-hydrogen) atoms. The second kappa shape index (κ2) is 4.54. The number of nitrogens with one attached hydrogen (secondary N) is 1. The summed E-state index contributed by atoms with van der Waals surface area (Å²) in [5.41, 5.74) is 7.02. The Labute approximate surface area is 101 Å². The number of nitrogen functional groups attached to an aromatic ring is 1. The Hall–Kier alpha value is -1.27. The molecule has 1 aliphatic carbocycles. The van der Waals surface area contributed by atoms with Gasteiger partial charge in [0.25, 0.3) is 0 Å². The van der Waals surface area contributed by atoms with Gasteiger partial charge in [-0.3, -0.25) is 0 Å². The SMILES string of the molecule is Nc1cc(S(N)(=O)=O)ccc1NC1CCCC1. The Balaban J connectivity index is 2.19. The van der Waals surface area contributed by atoms with Crippen LogP contribution >= 0.6 is 0 Å². The van der Waals surface area contributed by atoms with Gasteiger partial charge in [0, 0.05) is 6.04 Å². The van der Waals surface area contributed by atoms with Crippen molar-refractivity contribution >= 4 is 21.4 Å². The lowest BCUT2D eigenvalue weighted by molar-refractivity contribution is 0.598. The van der Waals surface area contributed by atoms with Crippen LogP contribution < -0.4 is 16.2 Å². The van der Waals surface area contributed by atoms with E-state index in [2.05, 4.69) is 5.32 Å². The fraction of sp³-hybridized carbons (Fsp3) is 0.455. The van der Waals surface area contributed by atoms with Gasteiger partial charge in [-0.05, 0) is 31.0 Å². The zero-order valence-electron chi connectivity index (χ0n) is 9.52. The molecule has 0 heterocycles. The Morgan fingerprint density at radius 1 is 1.24 bits per heavy atom. The number of benzene rings is 1. The van der Waals surface area contributed by atoms with Gasteiger partial charge in [-0.1, -0.05) is 12.8 Å². The summed E-state index contributed by atoms with van der Waals surface area (Å²) in [6, 6.07) is 4.99. The molecule has 0 radical (unpaired) electrons. The molecule has 0 aromatic heterocycles. The minimum Gasteiger partial charge on any atom is -0.397 e. The summed E-state index contributed by atoms with van der Waals surface area (Å²) >= 11 is 0. The summed E-state index contributed by atoms with van der Waals surface area (Å²) in [5.74, 6) is 0. The third-order valence-corrected chi connectivity index (χ3v) is 3.98. The van der Waals surface area contributed by atoms with Gasteiger partial charge in [-0.2, -0.15) is 0 Å². The van der Waals surface area contributed by atoms with Crippen LogP contribution in [0.3, 0.4) is 0 Å². The van der Waals surface area contributed by atoms with Crippen LogP contribution in [0.15, 0.2) is 23.1 Å². The van der Waals surface area contributed by atoms with Crippen LogP contribution in [0.5, 0.6) is 0 Å². The topological polar surface area (TPSA) is 98.2 Å². The highest BCUT2D eigenvalue weighted by atomic mass is 32.2. The van der Waals surface area contributed by atoms with Gasteiger partial charge in [-0.15, -0.1) is 0 Å². The molecule has 0 atom stereocenters. The largest absolute Gasteiger partial charge is 0.397 e. The third-order valence-electron chi connectivity index (χ3n) is 3.07. The number of hydrogen-bond donors (Lipinski definition) is 3. The van der Waals surface area contributed by atoms with Crippen LogP contribution in [0, 0.1) is 0 Å². The molecule has 2 rings (SSSR count). The fourth-order valence-electron chi connectivity index (χ4n) is 2.14. The molecule has 1 saturated carbocycles. The van der Waals surface area contributed by atoms with Crippen molar-refractivity contribution in [1.29, 1.82) is 0 Å². The molecule has 6 heteroatoms. The molecule has 0 bridgehead atoms. The molecule has 5 nitrogen and oxygen atoms in total. The lowest BCUT2D eigenvalue weighted by Gasteiger charge is -2.15. The quantitative estimate of drug-likeness (QED) is 0.708. The molecular weight excluding hydrogens is 238 g/mol. The maximum atomic E-state index is 11.1. The van der Waals surface area contributed by atoms with E-state index in [1.807, 2.05) is 0 Å². The fourth-order valence-corrected chi connectivity index (χ4v) is 2.69. The van der Waals surface area contributed by atoms with Crippen LogP contribution in [0.4, 0.5) is 11.4 Å². The van der Waals surface area contributed by atoms with Crippen molar-refractivity contribution in [1.82, 2.24) is 0 Å². The van der Waals surface area contributed by atoms with Gasteiger partial charge in [0.05, 0.1) is 16.3 Å². The van der Waals surface area contributed by atoms with Crippen LogP contribution in [-0.2, 0) is 10.0 Å². The molecule has 0 spiro atoms. The number of anilines is 2. The van der Waals surface area contributed by atoms with Gasteiger partial charge in [0.2, 0.25) is 10.0 Å². The average molecular weight is 255 g/mol. The summed E-state index contributed by atoms with van der Waals surface area (Å²) in [5, 5.41) is 8.36. The highest BCUT2D eigenvalue weighted by molar-refractivity contribution is 7.89. The minimum absolute atomic E-state index is 0.0481. The van der Waals surface area contributed by atoms with E-state index < -0.39 is 10.0 Å². The third kappa shape index (κ3) is 2.89. The van der Waals surface area contributed by atoms with Crippen molar-refractivity contribution in [2.45, 2.75) is 36.6 Å². The Kier molecular flexibility index (Phi) is 3.26. The average Bonchev–Trinajstić information content (AvgIpc) is 2.72. The van der Waals surface area contributed by atoms with Gasteiger partial charge in [0.15, 0.2) is 0 Å². The molecule has 5 N–H and O–H groups in total. The lowest BCUT2D eigenvalue weighted by atomic mass is 10.2. The molecule has 0 saturated heterocycles. The standard InChI is InChI=1S/C11H17N3O2S/c12-10-7-9(17(13,15)16)5-6-11(10)14-8-3-1-2-4-8/h5-8,14H,1-4,12H2,(H2,13,15,16). The minimum atomic E-state index is -3.68. The van der Waals surface area contributed by atoms with E-state index in [-0.39, 0.29) is 4.90 Å². The molecule has 1 aliphatic rings. The van der Waals surface area contributed by atoms with E-state index in [4.69, 9.17) is 10.9 Å². The number of nitrogens with two attached hydrogens (primary N) is 2. The molecular formula is C11H17N3O2S. The monoisotopic (exact) mass is 255 g/mol. The Bertz CT molecular complexity index is 507. The van der Waals surface area contributed by atoms with Gasteiger partial charge < -0.3 is 11.1 Å². The predicted octanol–water partition coefficient (Wildman–Crippen LogP) is 1.27. The smallest absolute Gasteiger partial charge is 0.238 e. The van der Waals surface area contributed by atoms with Crippen molar-refractivity contribution in [3.05, 3.63) is 18.2 Å². The van der Waals surface area contributed by atoms with Gasteiger partial charge >= 0.3 is 0 Å². The first-order valence-corrected chi connectivity index (χ1v) is 7.20. The van der Waals surface area contributed by atoms with E-state index in [0.29, 0.717) is 11.7 Å². The van der Waals surface area contributed by atoms with E-state index in [0.717, 1.165) is 18.5 Å². The summed E-state index contributed by atoms with van der Waals surface area (Å²) in [6.45, 7) is 0. The predicted molar refractivity (Wildman–Crippen MR) is 68.1 cm³/mol. The van der Waals surface area contributed by atoms with Crippen LogP contribution in [-0.4, -0.2) is 14.5 Å². The summed E-state index contributed by atoms with van der Waals surface area (Å²) < 4.78 is 22.3. The summed E-state index contributed by atoms with van der Waals surface area (Å²) in [4.78, 5) is 0.0481. The first kappa shape index (κ1) is 12.2. The van der Waals surface area contributed by atoms with Gasteiger partial charge in [-0.25, -0.2) is 13.6 Å². The van der Waals surface area contributed by atoms with Crippen LogP contribution in [0.2, 0.25) is 0 Å². The Morgan fingerprint density at radius 3 is 2.41 bits per heavy atom. The maximum absolute atomic E-state index is 11.1. The molecule has 1 aromatic rings. The van der Waals surface area contributed by atoms with Crippen molar-refractivity contribution in [2.75, 3.05) is 11.1 Å². The second-order valence-electron chi connectivity index (χ2n) is 4.42. The number of sulfonamides is 1. The van der Waals surface area contributed by atoms with E-state index in [1.54, 1.807) is 6.07 Å². The first-order valence-electron chi connectivity index (χ1n) is 5.66. The highest BCUT2D eigenvalue weighted by Crippen LogP contribution is 2.27. The molecule has 1 aromatic carbocycles. The molecule has 0 amide bonds. The number of primary sulfonamides is 1. The maximum Gasteiger partial charge on any atom is 0.238 e. The second-order valence-corrected chi connectivity index (χ2v) is 5.98. The first-order chi connectivity index (χ1) is 7.97. The lowest BCUT2D eigenvalue weighted by Crippen LogP contribution is -2.17. The van der Waals surface area contributed by atoms with Crippen LogP contribution in [0.25, 0.3) is 0 Å². The summed E-state index contributed by atoms with van der Waals surface area (Å²) in [6.07, 6.45) is 4.73. The van der Waals surface area contributed by atoms with Crippen molar-refractivity contribution in [3.8, 4) is 0 Å². The van der Waals surface area contributed by atoms with Crippen molar-refractivity contribution in [3.63, 3.8) is 0 Å².